The summed E-state index contributed by atoms with van der Waals surface area (Å²) in [4.78, 5) is 26.7. The molecule has 5 rings (SSSR count). The maximum atomic E-state index is 14.1. The van der Waals surface area contributed by atoms with Gasteiger partial charge in [-0.1, -0.05) is 29.3 Å². The van der Waals surface area contributed by atoms with E-state index >= 15 is 0 Å². The van der Waals surface area contributed by atoms with Gasteiger partial charge in [0.05, 0.1) is 26.6 Å². The van der Waals surface area contributed by atoms with Crippen molar-refractivity contribution in [2.75, 3.05) is 37.4 Å². The van der Waals surface area contributed by atoms with E-state index in [4.69, 9.17) is 23.2 Å². The second-order valence-corrected chi connectivity index (χ2v) is 10.2. The van der Waals surface area contributed by atoms with Gasteiger partial charge in [-0.15, -0.1) is 0 Å². The fraction of sp³-hybridized carbons (Fsp3) is 0.296. The molecular weight excluding hydrogens is 514 g/mol. The van der Waals surface area contributed by atoms with Gasteiger partial charge in [-0.3, -0.25) is 9.36 Å². The van der Waals surface area contributed by atoms with E-state index in [0.717, 1.165) is 31.6 Å². The van der Waals surface area contributed by atoms with Gasteiger partial charge >= 0.3 is 0 Å². The number of nitrogens with one attached hydrogen (secondary N) is 1. The van der Waals surface area contributed by atoms with Crippen LogP contribution in [0.2, 0.25) is 10.0 Å². The normalized spacial score (nSPS) is 14.5. The maximum Gasteiger partial charge on any atom is 0.266 e. The molecule has 1 N–H and O–H groups in total. The van der Waals surface area contributed by atoms with Crippen LogP contribution in [0.25, 0.3) is 16.6 Å². The van der Waals surface area contributed by atoms with Gasteiger partial charge in [0.15, 0.2) is 0 Å². The fourth-order valence-electron chi connectivity index (χ4n) is 4.76. The summed E-state index contributed by atoms with van der Waals surface area (Å²) in [5, 5.41) is 3.90. The van der Waals surface area contributed by atoms with Crippen LogP contribution in [0.15, 0.2) is 59.7 Å². The number of aromatic nitrogens is 3. The molecule has 1 aliphatic rings. The van der Waals surface area contributed by atoms with Crippen molar-refractivity contribution in [2.45, 2.75) is 25.6 Å². The van der Waals surface area contributed by atoms with Crippen LogP contribution in [0, 0.1) is 0 Å². The molecular formula is C27H27Cl2FN6O. The van der Waals surface area contributed by atoms with Crippen LogP contribution in [0.1, 0.15) is 18.4 Å². The highest BCUT2D eigenvalue weighted by Crippen LogP contribution is 2.29. The number of rotatable bonds is 6. The Morgan fingerprint density at radius 3 is 2.38 bits per heavy atom. The monoisotopic (exact) mass is 540 g/mol. The van der Waals surface area contributed by atoms with Crippen LogP contribution in [0.4, 0.5) is 21.7 Å². The molecule has 0 saturated carbocycles. The largest absolute Gasteiger partial charge is 0.371 e. The molecule has 4 aromatic rings. The number of nitrogens with zero attached hydrogens (tertiary/aromatic N) is 5. The third-order valence-electron chi connectivity index (χ3n) is 6.83. The van der Waals surface area contributed by atoms with Gasteiger partial charge in [0.2, 0.25) is 5.95 Å². The minimum atomic E-state index is -0.825. The van der Waals surface area contributed by atoms with Crippen molar-refractivity contribution in [3.8, 4) is 5.69 Å². The van der Waals surface area contributed by atoms with E-state index in [-0.39, 0.29) is 32.5 Å². The molecule has 0 spiro atoms. The Morgan fingerprint density at radius 1 is 1.08 bits per heavy atom. The minimum Gasteiger partial charge on any atom is -0.371 e. The van der Waals surface area contributed by atoms with E-state index in [9.17, 15) is 9.18 Å². The van der Waals surface area contributed by atoms with Crippen molar-refractivity contribution in [3.63, 3.8) is 0 Å². The predicted molar refractivity (Wildman–Crippen MR) is 149 cm³/mol. The Balaban J connectivity index is 1.40. The van der Waals surface area contributed by atoms with Gasteiger partial charge in [-0.05, 0) is 63.3 Å². The zero-order valence-corrected chi connectivity index (χ0v) is 22.1. The van der Waals surface area contributed by atoms with Gasteiger partial charge < -0.3 is 15.1 Å². The average molecular weight is 541 g/mol. The number of pyridine rings is 1. The standard InChI is InChI=1S/C27H27Cl2FN6O/c1-34(2)19-10-12-35(13-11-19)20-8-6-18(7-9-20)32-27-31-15-21-24(33-27)17(14-30)16-36(26(21)37)25-22(28)4-3-5-23(25)29/h3-9,15-16,19H,10-14H2,1-2H3,(H,31,32,33). The van der Waals surface area contributed by atoms with E-state index in [1.54, 1.807) is 18.2 Å². The first-order valence-electron chi connectivity index (χ1n) is 12.1. The first kappa shape index (κ1) is 25.4. The SMILES string of the molecule is CN(C)C1CCN(c2ccc(Nc3ncc4c(=O)n(-c5c(Cl)cccc5Cl)cc(CF)c4n3)cc2)CC1. The second-order valence-electron chi connectivity index (χ2n) is 9.34. The first-order chi connectivity index (χ1) is 17.9. The average Bonchev–Trinajstić information content (AvgIpc) is 2.90. The van der Waals surface area contributed by atoms with E-state index in [0.29, 0.717) is 11.7 Å². The first-order valence-corrected chi connectivity index (χ1v) is 12.8. The zero-order valence-electron chi connectivity index (χ0n) is 20.6. The molecule has 1 saturated heterocycles. The Labute approximate surface area is 224 Å². The van der Waals surface area contributed by atoms with Crippen molar-refractivity contribution in [1.82, 2.24) is 19.4 Å². The van der Waals surface area contributed by atoms with Crippen LogP contribution in [-0.2, 0) is 6.67 Å². The van der Waals surface area contributed by atoms with Gasteiger partial charge in [0, 0.05) is 48.5 Å². The molecule has 1 fully saturated rings. The molecule has 3 heterocycles. The van der Waals surface area contributed by atoms with Crippen molar-refractivity contribution < 1.29 is 4.39 Å². The van der Waals surface area contributed by atoms with Crippen LogP contribution < -0.4 is 15.8 Å². The molecule has 1 aliphatic heterocycles. The lowest BCUT2D eigenvalue weighted by molar-refractivity contribution is 0.249. The Kier molecular flexibility index (Phi) is 7.33. The molecule has 0 amide bonds. The highest BCUT2D eigenvalue weighted by Gasteiger charge is 2.21. The van der Waals surface area contributed by atoms with Crippen molar-refractivity contribution >= 4 is 51.4 Å². The number of hydrogen-bond acceptors (Lipinski definition) is 6. The quantitative estimate of drug-likeness (QED) is 0.332. The number of anilines is 3. The number of piperidine rings is 1. The summed E-state index contributed by atoms with van der Waals surface area (Å²) in [6, 6.07) is 13.6. The van der Waals surface area contributed by atoms with Gasteiger partial charge in [-0.2, -0.15) is 0 Å². The lowest BCUT2D eigenvalue weighted by atomic mass is 10.0. The van der Waals surface area contributed by atoms with Crippen molar-refractivity contribution in [1.29, 1.82) is 0 Å². The minimum absolute atomic E-state index is 0.174. The van der Waals surface area contributed by atoms with Crippen LogP contribution in [0.3, 0.4) is 0 Å². The summed E-state index contributed by atoms with van der Waals surface area (Å²) >= 11 is 12.6. The number of halogens is 3. The molecule has 0 atom stereocenters. The Bertz CT molecular complexity index is 1460. The molecule has 10 heteroatoms. The highest BCUT2D eigenvalue weighted by molar-refractivity contribution is 6.37. The summed E-state index contributed by atoms with van der Waals surface area (Å²) in [6.45, 7) is 1.22. The highest BCUT2D eigenvalue weighted by atomic mass is 35.5. The molecule has 7 nitrogen and oxygen atoms in total. The number of alkyl halides is 1. The maximum absolute atomic E-state index is 14.1. The molecule has 192 valence electrons. The van der Waals surface area contributed by atoms with Crippen molar-refractivity contribution in [2.24, 2.45) is 0 Å². The van der Waals surface area contributed by atoms with E-state index in [1.165, 1.54) is 22.6 Å². The molecule has 2 aromatic carbocycles. The third kappa shape index (κ3) is 5.14. The summed E-state index contributed by atoms with van der Waals surface area (Å²) < 4.78 is 15.3. The molecule has 0 bridgehead atoms. The fourth-order valence-corrected chi connectivity index (χ4v) is 5.34. The van der Waals surface area contributed by atoms with E-state index in [1.807, 2.05) is 12.1 Å². The number of para-hydroxylation sites is 1. The van der Waals surface area contributed by atoms with E-state index in [2.05, 4.69) is 51.3 Å². The van der Waals surface area contributed by atoms with Gasteiger partial charge in [0.25, 0.3) is 5.56 Å². The number of hydrogen-bond donors (Lipinski definition) is 1. The van der Waals surface area contributed by atoms with Crippen LogP contribution in [0.5, 0.6) is 0 Å². The molecule has 0 aliphatic carbocycles. The summed E-state index contributed by atoms with van der Waals surface area (Å²) in [5.41, 5.74) is 2.29. The molecule has 0 unspecified atom stereocenters. The van der Waals surface area contributed by atoms with Crippen molar-refractivity contribution in [3.05, 3.63) is 80.8 Å². The summed E-state index contributed by atoms with van der Waals surface area (Å²) in [5.74, 6) is 0.273. The van der Waals surface area contributed by atoms with E-state index < -0.39 is 12.2 Å². The lowest BCUT2D eigenvalue weighted by Crippen LogP contribution is -2.41. The van der Waals surface area contributed by atoms with Crippen LogP contribution >= 0.6 is 23.2 Å². The number of benzene rings is 2. The molecule has 2 aromatic heterocycles. The third-order valence-corrected chi connectivity index (χ3v) is 7.44. The lowest BCUT2D eigenvalue weighted by Gasteiger charge is -2.36. The Morgan fingerprint density at radius 2 is 1.76 bits per heavy atom. The van der Waals surface area contributed by atoms with Gasteiger partial charge in [0.1, 0.15) is 6.67 Å². The van der Waals surface area contributed by atoms with Crippen LogP contribution in [-0.4, -0.2) is 52.7 Å². The predicted octanol–water partition coefficient (Wildman–Crippen LogP) is 5.83. The summed E-state index contributed by atoms with van der Waals surface area (Å²) in [6.07, 6.45) is 5.07. The molecule has 0 radical (unpaired) electrons. The Hall–Kier alpha value is -3.20. The second kappa shape index (κ2) is 10.7. The summed E-state index contributed by atoms with van der Waals surface area (Å²) in [7, 11) is 4.27. The topological polar surface area (TPSA) is 66.3 Å². The zero-order chi connectivity index (χ0) is 26.1. The number of fused-ring (bicyclic) bond motifs is 1. The van der Waals surface area contributed by atoms with Gasteiger partial charge in [-0.25, -0.2) is 14.4 Å². The molecule has 37 heavy (non-hydrogen) atoms. The smallest absolute Gasteiger partial charge is 0.266 e.